The number of nitrogens with zero attached hydrogens (tertiary/aromatic N) is 3. The van der Waals surface area contributed by atoms with Crippen molar-refractivity contribution in [2.24, 2.45) is 0 Å². The van der Waals surface area contributed by atoms with Crippen LogP contribution in [0.4, 0.5) is 0 Å². The third-order valence-corrected chi connectivity index (χ3v) is 2.55. The molecule has 0 amide bonds. The van der Waals surface area contributed by atoms with E-state index in [1.165, 1.54) is 0 Å². The molecule has 1 aromatic rings. The predicted molar refractivity (Wildman–Crippen MR) is 54.8 cm³/mol. The van der Waals surface area contributed by atoms with Crippen LogP contribution in [0.2, 0.25) is 0 Å². The van der Waals surface area contributed by atoms with Gasteiger partial charge in [-0.15, -0.1) is 0 Å². The van der Waals surface area contributed by atoms with Crippen LogP contribution in [0.5, 0.6) is 0 Å². The van der Waals surface area contributed by atoms with E-state index >= 15 is 0 Å². The molecule has 14 heavy (non-hydrogen) atoms. The fourth-order valence-corrected chi connectivity index (χ4v) is 1.36. The first kappa shape index (κ1) is 10.6. The van der Waals surface area contributed by atoms with Crippen molar-refractivity contribution in [2.75, 3.05) is 0 Å². The van der Waals surface area contributed by atoms with Gasteiger partial charge in [-0.1, -0.05) is 6.92 Å². The topological polar surface area (TPSA) is 49.6 Å². The summed E-state index contributed by atoms with van der Waals surface area (Å²) in [5, 5.41) is 9.14. The van der Waals surface area contributed by atoms with Crippen LogP contribution in [0.1, 0.15) is 37.4 Å². The van der Waals surface area contributed by atoms with Crippen LogP contribution in [0.3, 0.4) is 0 Å². The lowest BCUT2D eigenvalue weighted by Gasteiger charge is -2.20. The summed E-state index contributed by atoms with van der Waals surface area (Å²) in [6.45, 7) is 7.69. The molecule has 3 nitrogen and oxygen atoms in total. The first-order valence-corrected chi connectivity index (χ1v) is 4.75. The predicted octanol–water partition coefficient (Wildman–Crippen LogP) is 2.28. The Balaban J connectivity index is 3.31. The van der Waals surface area contributed by atoms with Crippen LogP contribution in [0, 0.1) is 25.2 Å². The van der Waals surface area contributed by atoms with E-state index in [0.29, 0.717) is 0 Å². The Hall–Kier alpha value is -1.43. The van der Waals surface area contributed by atoms with Gasteiger partial charge in [0.05, 0.1) is 28.6 Å². The molecule has 0 aliphatic rings. The summed E-state index contributed by atoms with van der Waals surface area (Å²) in [5.41, 5.74) is 2.01. The Morgan fingerprint density at radius 1 is 1.50 bits per heavy atom. The van der Waals surface area contributed by atoms with Gasteiger partial charge in [0.15, 0.2) is 0 Å². The maximum Gasteiger partial charge on any atom is 0.0980 e. The van der Waals surface area contributed by atoms with Gasteiger partial charge in [0.2, 0.25) is 0 Å². The van der Waals surface area contributed by atoms with Crippen LogP contribution in [-0.2, 0) is 5.41 Å². The lowest BCUT2D eigenvalue weighted by molar-refractivity contribution is 0.557. The van der Waals surface area contributed by atoms with Crippen molar-refractivity contribution >= 4 is 0 Å². The SMILES string of the molecule is CCC(C)(C#N)c1nc(C)cnc1C. The second-order valence-electron chi connectivity index (χ2n) is 3.74. The molecule has 0 bridgehead atoms. The van der Waals surface area contributed by atoms with Crippen molar-refractivity contribution in [1.82, 2.24) is 9.97 Å². The van der Waals surface area contributed by atoms with Crippen LogP contribution < -0.4 is 0 Å². The molecule has 1 atom stereocenters. The molecule has 0 radical (unpaired) electrons. The van der Waals surface area contributed by atoms with Crippen molar-refractivity contribution in [3.05, 3.63) is 23.3 Å². The molecule has 0 aromatic carbocycles. The Morgan fingerprint density at radius 3 is 2.64 bits per heavy atom. The van der Waals surface area contributed by atoms with Crippen LogP contribution in [0.25, 0.3) is 0 Å². The van der Waals surface area contributed by atoms with E-state index in [0.717, 1.165) is 23.5 Å². The highest BCUT2D eigenvalue weighted by Crippen LogP contribution is 2.26. The van der Waals surface area contributed by atoms with E-state index in [4.69, 9.17) is 5.26 Å². The Labute approximate surface area is 84.8 Å². The Morgan fingerprint density at radius 2 is 2.14 bits per heavy atom. The van der Waals surface area contributed by atoms with Crippen molar-refractivity contribution in [2.45, 2.75) is 39.5 Å². The maximum absolute atomic E-state index is 9.14. The van der Waals surface area contributed by atoms with Gasteiger partial charge in [-0.2, -0.15) is 5.26 Å². The molecule has 1 heterocycles. The first-order chi connectivity index (χ1) is 6.53. The molecular formula is C11H15N3. The number of hydrogen-bond acceptors (Lipinski definition) is 3. The van der Waals surface area contributed by atoms with Crippen LogP contribution >= 0.6 is 0 Å². The van der Waals surface area contributed by atoms with Gasteiger partial charge in [-0.05, 0) is 27.2 Å². The molecule has 0 N–H and O–H groups in total. The summed E-state index contributed by atoms with van der Waals surface area (Å²) < 4.78 is 0. The normalized spacial score (nSPS) is 14.5. The van der Waals surface area contributed by atoms with E-state index in [9.17, 15) is 0 Å². The second-order valence-corrected chi connectivity index (χ2v) is 3.74. The summed E-state index contributed by atoms with van der Waals surface area (Å²) in [4.78, 5) is 8.63. The van der Waals surface area contributed by atoms with E-state index < -0.39 is 5.41 Å². The first-order valence-electron chi connectivity index (χ1n) is 4.75. The van der Waals surface area contributed by atoms with E-state index in [1.807, 2.05) is 27.7 Å². The minimum atomic E-state index is -0.511. The van der Waals surface area contributed by atoms with Gasteiger partial charge in [-0.3, -0.25) is 9.97 Å². The summed E-state index contributed by atoms with van der Waals surface area (Å²) >= 11 is 0. The lowest BCUT2D eigenvalue weighted by Crippen LogP contribution is -2.22. The molecule has 0 spiro atoms. The molecule has 3 heteroatoms. The van der Waals surface area contributed by atoms with Gasteiger partial charge in [0.25, 0.3) is 0 Å². The summed E-state index contributed by atoms with van der Waals surface area (Å²) in [6.07, 6.45) is 2.48. The van der Waals surface area contributed by atoms with Crippen LogP contribution in [-0.4, -0.2) is 9.97 Å². The molecular weight excluding hydrogens is 174 g/mol. The van der Waals surface area contributed by atoms with Crippen molar-refractivity contribution < 1.29 is 0 Å². The molecule has 0 fully saturated rings. The fourth-order valence-electron chi connectivity index (χ4n) is 1.36. The largest absolute Gasteiger partial charge is 0.258 e. The molecule has 1 aromatic heterocycles. The summed E-state index contributed by atoms with van der Waals surface area (Å²) in [5.74, 6) is 0. The van der Waals surface area contributed by atoms with Gasteiger partial charge < -0.3 is 0 Å². The molecule has 1 unspecified atom stereocenters. The average molecular weight is 189 g/mol. The van der Waals surface area contributed by atoms with Crippen molar-refractivity contribution in [1.29, 1.82) is 5.26 Å². The van der Waals surface area contributed by atoms with Gasteiger partial charge >= 0.3 is 0 Å². The highest BCUT2D eigenvalue weighted by molar-refractivity contribution is 5.28. The number of nitriles is 1. The third kappa shape index (κ3) is 1.74. The molecule has 0 aliphatic heterocycles. The van der Waals surface area contributed by atoms with Crippen molar-refractivity contribution in [3.63, 3.8) is 0 Å². The summed E-state index contributed by atoms with van der Waals surface area (Å²) in [7, 11) is 0. The maximum atomic E-state index is 9.14. The third-order valence-electron chi connectivity index (χ3n) is 2.55. The molecule has 0 saturated carbocycles. The molecule has 74 valence electrons. The standard InChI is InChI=1S/C11H15N3/c1-5-11(4,7-12)10-9(3)13-6-8(2)14-10/h6H,5H2,1-4H3. The number of aromatic nitrogens is 2. The zero-order valence-electron chi connectivity index (χ0n) is 9.13. The minimum absolute atomic E-state index is 0.511. The molecule has 1 rings (SSSR count). The summed E-state index contributed by atoms with van der Waals surface area (Å²) in [6, 6.07) is 2.31. The molecule has 0 saturated heterocycles. The number of rotatable bonds is 2. The number of aryl methyl sites for hydroxylation is 2. The number of hydrogen-bond donors (Lipinski definition) is 0. The molecule has 0 aliphatic carbocycles. The van der Waals surface area contributed by atoms with Crippen molar-refractivity contribution in [3.8, 4) is 6.07 Å². The lowest BCUT2D eigenvalue weighted by atomic mass is 9.84. The Kier molecular flexibility index (Phi) is 2.85. The zero-order valence-corrected chi connectivity index (χ0v) is 9.13. The smallest absolute Gasteiger partial charge is 0.0980 e. The van der Waals surface area contributed by atoms with Gasteiger partial charge in [0, 0.05) is 6.20 Å². The van der Waals surface area contributed by atoms with Gasteiger partial charge in [0.1, 0.15) is 0 Å². The zero-order chi connectivity index (χ0) is 10.8. The minimum Gasteiger partial charge on any atom is -0.258 e. The van der Waals surface area contributed by atoms with Gasteiger partial charge in [-0.25, -0.2) is 0 Å². The average Bonchev–Trinajstić information content (AvgIpc) is 2.20. The van der Waals surface area contributed by atoms with Crippen LogP contribution in [0.15, 0.2) is 6.20 Å². The Bertz CT molecular complexity index is 379. The fraction of sp³-hybridized carbons (Fsp3) is 0.545. The highest BCUT2D eigenvalue weighted by atomic mass is 14.8. The quantitative estimate of drug-likeness (QED) is 0.717. The highest BCUT2D eigenvalue weighted by Gasteiger charge is 2.28. The van der Waals surface area contributed by atoms with E-state index in [2.05, 4.69) is 16.0 Å². The van der Waals surface area contributed by atoms with E-state index in [-0.39, 0.29) is 0 Å². The monoisotopic (exact) mass is 189 g/mol. The second kappa shape index (κ2) is 3.75. The van der Waals surface area contributed by atoms with E-state index in [1.54, 1.807) is 6.20 Å².